The number of thioether (sulfide) groups is 1. The third kappa shape index (κ3) is 4.56. The molecular weight excluding hydrogens is 316 g/mol. The third-order valence-electron chi connectivity index (χ3n) is 3.16. The SMILES string of the molecule is CCc1ccc(-c2nc(S[C@@H](C)C(=O)NC(=O)OC)n[nH]2)cc1. The Labute approximate surface area is 138 Å². The van der Waals surface area contributed by atoms with E-state index in [0.717, 1.165) is 23.7 Å². The molecule has 1 aromatic carbocycles. The molecule has 0 saturated heterocycles. The van der Waals surface area contributed by atoms with E-state index >= 15 is 0 Å². The fourth-order valence-corrected chi connectivity index (χ4v) is 2.52. The van der Waals surface area contributed by atoms with Crippen molar-refractivity contribution in [2.75, 3.05) is 7.11 Å². The van der Waals surface area contributed by atoms with E-state index in [4.69, 9.17) is 0 Å². The highest BCUT2D eigenvalue weighted by Crippen LogP contribution is 2.23. The summed E-state index contributed by atoms with van der Waals surface area (Å²) in [5.74, 6) is 0.177. The predicted molar refractivity (Wildman–Crippen MR) is 87.1 cm³/mol. The van der Waals surface area contributed by atoms with Crippen LogP contribution in [0.3, 0.4) is 0 Å². The van der Waals surface area contributed by atoms with Crippen LogP contribution in [0.15, 0.2) is 29.4 Å². The summed E-state index contributed by atoms with van der Waals surface area (Å²) in [7, 11) is 1.20. The average Bonchev–Trinajstić information content (AvgIpc) is 3.03. The van der Waals surface area contributed by atoms with E-state index in [-0.39, 0.29) is 0 Å². The quantitative estimate of drug-likeness (QED) is 0.815. The zero-order valence-electron chi connectivity index (χ0n) is 13.1. The molecule has 0 radical (unpaired) electrons. The van der Waals surface area contributed by atoms with Gasteiger partial charge in [-0.2, -0.15) is 0 Å². The Morgan fingerprint density at radius 2 is 2.04 bits per heavy atom. The molecule has 2 aromatic rings. The molecule has 2 rings (SSSR count). The maximum absolute atomic E-state index is 11.8. The fraction of sp³-hybridized carbons (Fsp3) is 0.333. The van der Waals surface area contributed by atoms with Gasteiger partial charge >= 0.3 is 6.09 Å². The minimum atomic E-state index is -0.783. The van der Waals surface area contributed by atoms with Crippen LogP contribution in [-0.4, -0.2) is 39.5 Å². The van der Waals surface area contributed by atoms with Crippen LogP contribution in [0, 0.1) is 0 Å². The maximum Gasteiger partial charge on any atom is 0.413 e. The first-order valence-corrected chi connectivity index (χ1v) is 7.98. The molecule has 1 heterocycles. The van der Waals surface area contributed by atoms with Crippen molar-refractivity contribution >= 4 is 23.8 Å². The van der Waals surface area contributed by atoms with Crippen molar-refractivity contribution in [1.29, 1.82) is 0 Å². The number of carbonyl (C=O) groups excluding carboxylic acids is 2. The molecule has 0 bridgehead atoms. The second kappa shape index (κ2) is 7.77. The summed E-state index contributed by atoms with van der Waals surface area (Å²) < 4.78 is 4.38. The average molecular weight is 334 g/mol. The molecule has 1 atom stereocenters. The van der Waals surface area contributed by atoms with Crippen molar-refractivity contribution in [3.8, 4) is 11.4 Å². The summed E-state index contributed by atoms with van der Waals surface area (Å²) in [4.78, 5) is 27.1. The highest BCUT2D eigenvalue weighted by Gasteiger charge is 2.19. The number of hydrogen-bond acceptors (Lipinski definition) is 6. The molecule has 0 aliphatic heterocycles. The van der Waals surface area contributed by atoms with Crippen LogP contribution in [0.1, 0.15) is 19.4 Å². The highest BCUT2D eigenvalue weighted by molar-refractivity contribution is 8.00. The van der Waals surface area contributed by atoms with E-state index in [9.17, 15) is 9.59 Å². The number of nitrogens with zero attached hydrogens (tertiary/aromatic N) is 2. The van der Waals surface area contributed by atoms with E-state index in [1.54, 1.807) is 6.92 Å². The lowest BCUT2D eigenvalue weighted by Gasteiger charge is -2.07. The standard InChI is InChI=1S/C15H18N4O3S/c1-4-10-5-7-11(8-6-10)12-16-14(19-18-12)23-9(2)13(20)17-15(21)22-3/h5-9H,4H2,1-3H3,(H,16,18,19)(H,17,20,21)/t9-/m0/s1. The van der Waals surface area contributed by atoms with Gasteiger partial charge < -0.3 is 4.74 Å². The number of aromatic amines is 1. The molecule has 8 heteroatoms. The van der Waals surface area contributed by atoms with Crippen molar-refractivity contribution in [2.24, 2.45) is 0 Å². The second-order valence-electron chi connectivity index (χ2n) is 4.76. The molecule has 0 saturated carbocycles. The minimum Gasteiger partial charge on any atom is -0.453 e. The summed E-state index contributed by atoms with van der Waals surface area (Å²) in [6.45, 7) is 3.76. The molecular formula is C15H18N4O3S. The fourth-order valence-electron chi connectivity index (χ4n) is 1.79. The second-order valence-corrected chi connectivity index (χ2v) is 6.07. The number of methoxy groups -OCH3 is 1. The first kappa shape index (κ1) is 17.0. The van der Waals surface area contributed by atoms with Crippen LogP contribution in [0.2, 0.25) is 0 Å². The zero-order valence-corrected chi connectivity index (χ0v) is 13.9. The molecule has 1 aromatic heterocycles. The molecule has 7 nitrogen and oxygen atoms in total. The largest absolute Gasteiger partial charge is 0.453 e. The first-order valence-electron chi connectivity index (χ1n) is 7.10. The number of aryl methyl sites for hydroxylation is 1. The van der Waals surface area contributed by atoms with Crippen molar-refractivity contribution in [3.63, 3.8) is 0 Å². The topological polar surface area (TPSA) is 97.0 Å². The zero-order chi connectivity index (χ0) is 16.8. The van der Waals surface area contributed by atoms with Crippen LogP contribution in [-0.2, 0) is 16.0 Å². The van der Waals surface area contributed by atoms with Gasteiger partial charge in [-0.15, -0.1) is 5.10 Å². The number of nitrogens with one attached hydrogen (secondary N) is 2. The number of carbonyl (C=O) groups is 2. The van der Waals surface area contributed by atoms with Gasteiger partial charge in [-0.25, -0.2) is 9.78 Å². The van der Waals surface area contributed by atoms with E-state index in [0.29, 0.717) is 11.0 Å². The van der Waals surface area contributed by atoms with Crippen LogP contribution in [0.4, 0.5) is 4.79 Å². The summed E-state index contributed by atoms with van der Waals surface area (Å²) in [6.07, 6.45) is 0.194. The van der Waals surface area contributed by atoms with Crippen LogP contribution >= 0.6 is 11.8 Å². The molecule has 23 heavy (non-hydrogen) atoms. The van der Waals surface area contributed by atoms with Gasteiger partial charge in [0.15, 0.2) is 5.82 Å². The number of imide groups is 1. The van der Waals surface area contributed by atoms with Crippen molar-refractivity contribution < 1.29 is 14.3 Å². The molecule has 2 amide bonds. The minimum absolute atomic E-state index is 0.437. The number of alkyl carbamates (subject to hydrolysis) is 1. The van der Waals surface area contributed by atoms with Crippen LogP contribution in [0.25, 0.3) is 11.4 Å². The molecule has 0 aliphatic carbocycles. The Balaban J connectivity index is 2.01. The van der Waals surface area contributed by atoms with Crippen molar-refractivity contribution in [3.05, 3.63) is 29.8 Å². The van der Waals surface area contributed by atoms with E-state index < -0.39 is 17.3 Å². The lowest BCUT2D eigenvalue weighted by atomic mass is 10.1. The number of ether oxygens (including phenoxy) is 1. The number of H-pyrrole nitrogens is 1. The Hall–Kier alpha value is -2.35. The van der Waals surface area contributed by atoms with Crippen LogP contribution < -0.4 is 5.32 Å². The summed E-state index contributed by atoms with van der Waals surface area (Å²) in [6, 6.07) is 8.02. The van der Waals surface area contributed by atoms with Crippen LogP contribution in [0.5, 0.6) is 0 Å². The molecule has 2 N–H and O–H groups in total. The van der Waals surface area contributed by atoms with Gasteiger partial charge in [-0.3, -0.25) is 15.2 Å². The number of benzene rings is 1. The van der Waals surface area contributed by atoms with Crippen molar-refractivity contribution in [2.45, 2.75) is 30.7 Å². The first-order chi connectivity index (χ1) is 11.0. The molecule has 0 spiro atoms. The van der Waals surface area contributed by atoms with Gasteiger partial charge in [-0.1, -0.05) is 43.0 Å². The molecule has 0 aliphatic rings. The van der Waals surface area contributed by atoms with E-state index in [2.05, 4.69) is 32.2 Å². The van der Waals surface area contributed by atoms with Gasteiger partial charge in [0.2, 0.25) is 11.1 Å². The highest BCUT2D eigenvalue weighted by atomic mass is 32.2. The summed E-state index contributed by atoms with van der Waals surface area (Å²) >= 11 is 1.15. The van der Waals surface area contributed by atoms with Crippen molar-refractivity contribution in [1.82, 2.24) is 20.5 Å². The van der Waals surface area contributed by atoms with E-state index in [1.807, 2.05) is 24.3 Å². The number of aromatic nitrogens is 3. The Morgan fingerprint density at radius 1 is 1.35 bits per heavy atom. The van der Waals surface area contributed by atoms with Gasteiger partial charge in [0.05, 0.1) is 12.4 Å². The van der Waals surface area contributed by atoms with Gasteiger partial charge in [0, 0.05) is 5.56 Å². The molecule has 0 unspecified atom stereocenters. The van der Waals surface area contributed by atoms with Gasteiger partial charge in [-0.05, 0) is 18.9 Å². The lowest BCUT2D eigenvalue weighted by Crippen LogP contribution is -2.35. The number of amides is 2. The normalized spacial score (nSPS) is 11.8. The monoisotopic (exact) mass is 334 g/mol. The summed E-state index contributed by atoms with van der Waals surface area (Å²) in [5, 5.41) is 8.96. The number of rotatable bonds is 5. The van der Waals surface area contributed by atoms with E-state index in [1.165, 1.54) is 12.7 Å². The van der Waals surface area contributed by atoms with Gasteiger partial charge in [0.25, 0.3) is 0 Å². The lowest BCUT2D eigenvalue weighted by molar-refractivity contribution is -0.119. The summed E-state index contributed by atoms with van der Waals surface area (Å²) in [5.41, 5.74) is 2.17. The maximum atomic E-state index is 11.8. The van der Waals surface area contributed by atoms with Gasteiger partial charge in [0.1, 0.15) is 0 Å². The Bertz CT molecular complexity index is 684. The molecule has 0 fully saturated rings. The molecule has 122 valence electrons. The Kier molecular flexibility index (Phi) is 5.75. The smallest absolute Gasteiger partial charge is 0.413 e. The third-order valence-corrected chi connectivity index (χ3v) is 4.12. The number of hydrogen-bond donors (Lipinski definition) is 2. The Morgan fingerprint density at radius 3 is 2.65 bits per heavy atom. The predicted octanol–water partition coefficient (Wildman–Crippen LogP) is 2.40.